The Hall–Kier alpha value is -1.30. The molecule has 1 atom stereocenters. The van der Waals surface area contributed by atoms with Gasteiger partial charge in [0, 0.05) is 12.6 Å². The molecular formula is C14H26N2O4. The summed E-state index contributed by atoms with van der Waals surface area (Å²) in [6.07, 6.45) is 7.15. The average molecular weight is 286 g/mol. The molecule has 1 rings (SSSR count). The van der Waals surface area contributed by atoms with Crippen LogP contribution in [0.2, 0.25) is 0 Å². The number of urea groups is 1. The Morgan fingerprint density at radius 3 is 2.60 bits per heavy atom. The van der Waals surface area contributed by atoms with Gasteiger partial charge in [0.25, 0.3) is 0 Å². The molecule has 116 valence electrons. The first kappa shape index (κ1) is 16.8. The van der Waals surface area contributed by atoms with Crippen LogP contribution in [0, 0.1) is 5.92 Å². The molecule has 0 aromatic carbocycles. The highest BCUT2D eigenvalue weighted by molar-refractivity contribution is 5.74. The standard InChI is InChI=1S/C14H26N2O4/c1-2-12(11-6-4-3-5-7-11)16-14(19)15-8-9-20-10-13(17)18/h11-12H,2-10H2,1H3,(H,17,18)(H2,15,16,19). The molecule has 6 nitrogen and oxygen atoms in total. The van der Waals surface area contributed by atoms with E-state index in [9.17, 15) is 9.59 Å². The van der Waals surface area contributed by atoms with Crippen molar-refractivity contribution in [2.75, 3.05) is 19.8 Å². The summed E-state index contributed by atoms with van der Waals surface area (Å²) >= 11 is 0. The Morgan fingerprint density at radius 1 is 1.30 bits per heavy atom. The van der Waals surface area contributed by atoms with Crippen LogP contribution in [0.25, 0.3) is 0 Å². The molecule has 0 saturated heterocycles. The third-order valence-electron chi connectivity index (χ3n) is 3.73. The molecule has 6 heteroatoms. The fourth-order valence-corrected chi connectivity index (χ4v) is 2.71. The van der Waals surface area contributed by atoms with Crippen molar-refractivity contribution in [1.82, 2.24) is 10.6 Å². The van der Waals surface area contributed by atoms with E-state index in [-0.39, 0.29) is 25.3 Å². The maximum absolute atomic E-state index is 11.8. The van der Waals surface area contributed by atoms with Gasteiger partial charge in [-0.3, -0.25) is 0 Å². The second kappa shape index (κ2) is 9.58. The van der Waals surface area contributed by atoms with Gasteiger partial charge in [-0.15, -0.1) is 0 Å². The second-order valence-corrected chi connectivity index (χ2v) is 5.26. The van der Waals surface area contributed by atoms with Gasteiger partial charge in [-0.1, -0.05) is 26.2 Å². The highest BCUT2D eigenvalue weighted by atomic mass is 16.5. The molecule has 0 spiro atoms. The Kier molecular flexibility index (Phi) is 8.02. The molecule has 0 heterocycles. The largest absolute Gasteiger partial charge is 0.480 e. The van der Waals surface area contributed by atoms with Gasteiger partial charge in [-0.25, -0.2) is 9.59 Å². The van der Waals surface area contributed by atoms with E-state index in [0.29, 0.717) is 12.5 Å². The third kappa shape index (κ3) is 6.75. The van der Waals surface area contributed by atoms with E-state index in [1.807, 2.05) is 0 Å². The van der Waals surface area contributed by atoms with Crippen molar-refractivity contribution < 1.29 is 19.4 Å². The van der Waals surface area contributed by atoms with Gasteiger partial charge in [0.1, 0.15) is 6.61 Å². The van der Waals surface area contributed by atoms with Crippen molar-refractivity contribution in [3.8, 4) is 0 Å². The summed E-state index contributed by atoms with van der Waals surface area (Å²) in [5.41, 5.74) is 0. The number of carbonyl (C=O) groups excluding carboxylic acids is 1. The Morgan fingerprint density at radius 2 is 2.00 bits per heavy atom. The molecule has 20 heavy (non-hydrogen) atoms. The highest BCUT2D eigenvalue weighted by Crippen LogP contribution is 2.27. The summed E-state index contributed by atoms with van der Waals surface area (Å²) < 4.78 is 4.85. The van der Waals surface area contributed by atoms with E-state index in [0.717, 1.165) is 6.42 Å². The smallest absolute Gasteiger partial charge is 0.329 e. The topological polar surface area (TPSA) is 87.7 Å². The number of amides is 2. The Balaban J connectivity index is 2.16. The van der Waals surface area contributed by atoms with Gasteiger partial charge in [0.2, 0.25) is 0 Å². The zero-order valence-corrected chi connectivity index (χ0v) is 12.2. The van der Waals surface area contributed by atoms with Crippen LogP contribution in [-0.2, 0) is 9.53 Å². The summed E-state index contributed by atoms with van der Waals surface area (Å²) in [5, 5.41) is 14.1. The first-order valence-corrected chi connectivity index (χ1v) is 7.47. The monoisotopic (exact) mass is 286 g/mol. The lowest BCUT2D eigenvalue weighted by Gasteiger charge is -2.30. The van der Waals surface area contributed by atoms with Crippen molar-refractivity contribution in [3.05, 3.63) is 0 Å². The van der Waals surface area contributed by atoms with Crippen LogP contribution in [0.3, 0.4) is 0 Å². The second-order valence-electron chi connectivity index (χ2n) is 5.26. The van der Waals surface area contributed by atoms with E-state index in [2.05, 4.69) is 17.6 Å². The lowest BCUT2D eigenvalue weighted by Crippen LogP contribution is -2.46. The molecule has 1 fully saturated rings. The molecular weight excluding hydrogens is 260 g/mol. The van der Waals surface area contributed by atoms with Gasteiger partial charge >= 0.3 is 12.0 Å². The zero-order chi connectivity index (χ0) is 14.8. The molecule has 1 aliphatic rings. The zero-order valence-electron chi connectivity index (χ0n) is 12.2. The molecule has 1 unspecified atom stereocenters. The Labute approximate surface area is 120 Å². The number of nitrogens with one attached hydrogen (secondary N) is 2. The number of carbonyl (C=O) groups is 2. The number of carboxylic acid groups (broad SMARTS) is 1. The maximum atomic E-state index is 11.8. The number of aliphatic carboxylic acids is 1. The quantitative estimate of drug-likeness (QED) is 0.593. The van der Waals surface area contributed by atoms with Crippen LogP contribution >= 0.6 is 0 Å². The third-order valence-corrected chi connectivity index (χ3v) is 3.73. The molecule has 1 saturated carbocycles. The van der Waals surface area contributed by atoms with E-state index >= 15 is 0 Å². The van der Waals surface area contributed by atoms with Gasteiger partial charge < -0.3 is 20.5 Å². The summed E-state index contributed by atoms with van der Waals surface area (Å²) in [6, 6.07) is 0.0385. The predicted molar refractivity (Wildman–Crippen MR) is 75.6 cm³/mol. The number of hydrogen-bond donors (Lipinski definition) is 3. The number of hydrogen-bond acceptors (Lipinski definition) is 3. The lowest BCUT2D eigenvalue weighted by molar-refractivity contribution is -0.142. The first-order chi connectivity index (χ1) is 9.63. The highest BCUT2D eigenvalue weighted by Gasteiger charge is 2.23. The molecule has 0 bridgehead atoms. The number of rotatable bonds is 8. The van der Waals surface area contributed by atoms with Gasteiger partial charge in [0.15, 0.2) is 0 Å². The van der Waals surface area contributed by atoms with Crippen LogP contribution in [-0.4, -0.2) is 42.9 Å². The maximum Gasteiger partial charge on any atom is 0.329 e. The average Bonchev–Trinajstić information content (AvgIpc) is 2.45. The van der Waals surface area contributed by atoms with Crippen molar-refractivity contribution in [3.63, 3.8) is 0 Å². The van der Waals surface area contributed by atoms with Crippen LogP contribution < -0.4 is 10.6 Å². The molecule has 3 N–H and O–H groups in total. The summed E-state index contributed by atoms with van der Waals surface area (Å²) in [5.74, 6) is -0.416. The predicted octanol–water partition coefficient (Wildman–Crippen LogP) is 1.75. The first-order valence-electron chi connectivity index (χ1n) is 7.47. The van der Waals surface area contributed by atoms with Crippen molar-refractivity contribution in [2.45, 2.75) is 51.5 Å². The fourth-order valence-electron chi connectivity index (χ4n) is 2.71. The molecule has 0 radical (unpaired) electrons. The molecule has 1 aliphatic carbocycles. The van der Waals surface area contributed by atoms with Crippen LogP contribution in [0.1, 0.15) is 45.4 Å². The molecule has 0 aliphatic heterocycles. The van der Waals surface area contributed by atoms with Gasteiger partial charge in [-0.2, -0.15) is 0 Å². The van der Waals surface area contributed by atoms with Crippen molar-refractivity contribution in [1.29, 1.82) is 0 Å². The molecule has 2 amide bonds. The lowest BCUT2D eigenvalue weighted by atomic mass is 9.83. The van der Waals surface area contributed by atoms with Crippen molar-refractivity contribution >= 4 is 12.0 Å². The van der Waals surface area contributed by atoms with Gasteiger partial charge in [0.05, 0.1) is 6.61 Å². The number of carboxylic acids is 1. The van der Waals surface area contributed by atoms with E-state index in [4.69, 9.17) is 9.84 Å². The van der Waals surface area contributed by atoms with Crippen LogP contribution in [0.4, 0.5) is 4.79 Å². The minimum Gasteiger partial charge on any atom is -0.480 e. The SMILES string of the molecule is CCC(NC(=O)NCCOCC(=O)O)C1CCCCC1. The molecule has 0 aromatic heterocycles. The minimum atomic E-state index is -1.00. The summed E-state index contributed by atoms with van der Waals surface area (Å²) in [6.45, 7) is 2.29. The van der Waals surface area contributed by atoms with Crippen LogP contribution in [0.15, 0.2) is 0 Å². The van der Waals surface area contributed by atoms with E-state index in [1.165, 1.54) is 32.1 Å². The van der Waals surface area contributed by atoms with Crippen molar-refractivity contribution in [2.24, 2.45) is 5.92 Å². The summed E-state index contributed by atoms with van der Waals surface area (Å²) in [4.78, 5) is 22.0. The number of ether oxygens (including phenoxy) is 1. The fraction of sp³-hybridized carbons (Fsp3) is 0.857. The Bertz CT molecular complexity index is 304. The van der Waals surface area contributed by atoms with Crippen LogP contribution in [0.5, 0.6) is 0 Å². The summed E-state index contributed by atoms with van der Waals surface area (Å²) in [7, 11) is 0. The molecule has 0 aromatic rings. The van der Waals surface area contributed by atoms with E-state index in [1.54, 1.807) is 0 Å². The van der Waals surface area contributed by atoms with E-state index < -0.39 is 5.97 Å². The van der Waals surface area contributed by atoms with Gasteiger partial charge in [-0.05, 0) is 25.2 Å². The normalized spacial score (nSPS) is 17.4. The minimum absolute atomic E-state index is 0.193.